The van der Waals surface area contributed by atoms with Crippen LogP contribution in [0.5, 0.6) is 0 Å². The topological polar surface area (TPSA) is 65.1 Å². The van der Waals surface area contributed by atoms with E-state index in [0.29, 0.717) is 0 Å². The van der Waals surface area contributed by atoms with Gasteiger partial charge in [0.1, 0.15) is 0 Å². The maximum Gasteiger partial charge on any atom is 0.508 e. The van der Waals surface area contributed by atoms with Crippen LogP contribution in [0, 0.1) is 0 Å². The molecule has 1 aliphatic rings. The summed E-state index contributed by atoms with van der Waals surface area (Å²) < 4.78 is 12.8. The molecule has 1 aliphatic heterocycles. The molecular weight excluding hydrogens is 176 g/mol. The Bertz CT molecular complexity index is 207. The molecule has 0 saturated carbocycles. The zero-order chi connectivity index (χ0) is 10.4. The quantitative estimate of drug-likeness (QED) is 0.352. The molecule has 0 bridgehead atoms. The van der Waals surface area contributed by atoms with E-state index in [0.717, 1.165) is 0 Å². The van der Waals surface area contributed by atoms with Gasteiger partial charge in [0.05, 0.1) is 13.2 Å². The number of hydrogen-bond acceptors (Lipinski definition) is 5. The summed E-state index contributed by atoms with van der Waals surface area (Å²) in [5, 5.41) is 0. The van der Waals surface area contributed by atoms with Crippen molar-refractivity contribution in [3.8, 4) is 0 Å². The van der Waals surface area contributed by atoms with Crippen LogP contribution in [0.15, 0.2) is 12.3 Å². The molecule has 5 nitrogen and oxygen atoms in total. The fourth-order valence-electron chi connectivity index (χ4n) is 0.327. The molecule has 0 unspecified atom stereocenters. The van der Waals surface area contributed by atoms with E-state index in [1.165, 1.54) is 7.11 Å². The zero-order valence-electron chi connectivity index (χ0n) is 7.83. The Morgan fingerprint density at radius 2 is 1.92 bits per heavy atom. The lowest BCUT2D eigenvalue weighted by Crippen LogP contribution is -2.10. The molecule has 1 saturated heterocycles. The number of carbonyl (C=O) groups excluding carboxylic acids is 2. The monoisotopic (exact) mass is 188 g/mol. The number of carbonyl (C=O) groups is 2. The molecule has 0 aromatic carbocycles. The second-order valence-corrected chi connectivity index (χ2v) is 2.43. The van der Waals surface area contributed by atoms with Gasteiger partial charge in [-0.25, -0.2) is 9.59 Å². The van der Waals surface area contributed by atoms with Crippen LogP contribution in [0.2, 0.25) is 0 Å². The van der Waals surface area contributed by atoms with Crippen LogP contribution in [-0.2, 0) is 19.0 Å². The number of methoxy groups -OCH3 is 1. The van der Waals surface area contributed by atoms with Gasteiger partial charge in [0.15, 0.2) is 0 Å². The predicted octanol–water partition coefficient (Wildman–Crippen LogP) is 1.23. The van der Waals surface area contributed by atoms with Gasteiger partial charge in [-0.15, -0.1) is 0 Å². The molecule has 74 valence electrons. The van der Waals surface area contributed by atoms with Crippen LogP contribution in [0.25, 0.3) is 0 Å². The van der Waals surface area contributed by atoms with E-state index in [4.69, 9.17) is 0 Å². The third-order valence-corrected chi connectivity index (χ3v) is 0.900. The Morgan fingerprint density at radius 1 is 1.54 bits per heavy atom. The van der Waals surface area contributed by atoms with Crippen LogP contribution >= 0.6 is 0 Å². The molecule has 0 amide bonds. The average molecular weight is 188 g/mol. The third-order valence-electron chi connectivity index (χ3n) is 0.900. The Kier molecular flexibility index (Phi) is 4.58. The molecule has 0 radical (unpaired) electrons. The fraction of sp³-hybridized carbons (Fsp3) is 0.500. The van der Waals surface area contributed by atoms with Crippen LogP contribution < -0.4 is 0 Å². The molecule has 1 rings (SSSR count). The molecule has 0 N–H and O–H groups in total. The van der Waals surface area contributed by atoms with E-state index >= 15 is 0 Å². The van der Waals surface area contributed by atoms with Gasteiger partial charge < -0.3 is 14.2 Å². The Morgan fingerprint density at radius 3 is 2.00 bits per heavy atom. The first-order chi connectivity index (χ1) is 5.97. The molecule has 0 spiro atoms. The minimum Gasteiger partial charge on any atom is -0.438 e. The number of hydrogen-bond donors (Lipinski definition) is 0. The zero-order valence-corrected chi connectivity index (χ0v) is 7.83. The van der Waals surface area contributed by atoms with E-state index < -0.39 is 6.16 Å². The van der Waals surface area contributed by atoms with E-state index in [1.807, 2.05) is 0 Å². The normalized spacial score (nSPS) is 12.6. The first kappa shape index (κ1) is 11.5. The van der Waals surface area contributed by atoms with Gasteiger partial charge in [-0.2, -0.15) is 0 Å². The molecule has 13 heavy (non-hydrogen) atoms. The Labute approximate surface area is 76.3 Å². The molecule has 0 atom stereocenters. The maximum absolute atomic E-state index is 10.2. The van der Waals surface area contributed by atoms with Gasteiger partial charge in [-0.3, -0.25) is 0 Å². The van der Waals surface area contributed by atoms with Crippen molar-refractivity contribution in [1.29, 1.82) is 0 Å². The predicted molar refractivity (Wildman–Crippen MR) is 43.9 cm³/mol. The van der Waals surface area contributed by atoms with E-state index in [9.17, 15) is 9.59 Å². The summed E-state index contributed by atoms with van der Waals surface area (Å²) in [5.41, 5.74) is 0. The van der Waals surface area contributed by atoms with Crippen LogP contribution in [0.3, 0.4) is 0 Å². The van der Waals surface area contributed by atoms with Crippen molar-refractivity contribution in [2.24, 2.45) is 0 Å². The molecular formula is C8H12O5. The second kappa shape index (κ2) is 5.18. The molecule has 1 fully saturated rings. The fourth-order valence-corrected chi connectivity index (χ4v) is 0.327. The van der Waals surface area contributed by atoms with Crippen molar-refractivity contribution >= 4 is 12.1 Å². The first-order valence-electron chi connectivity index (χ1n) is 3.63. The standard InChI is InChI=1S/C5H10O3.C3H2O2/c1-4(2)8-5(6)7-3;1-2-3(4)5-2/h4H,1-3H3;1H2. The summed E-state index contributed by atoms with van der Waals surface area (Å²) >= 11 is 0. The highest BCUT2D eigenvalue weighted by molar-refractivity contribution is 5.99. The summed E-state index contributed by atoms with van der Waals surface area (Å²) in [4.78, 5) is 19.7. The summed E-state index contributed by atoms with van der Waals surface area (Å²) in [6.07, 6.45) is -0.720. The van der Waals surface area contributed by atoms with Crippen molar-refractivity contribution in [1.82, 2.24) is 0 Å². The highest BCUT2D eigenvalue weighted by Crippen LogP contribution is 2.11. The number of rotatable bonds is 1. The lowest BCUT2D eigenvalue weighted by atomic mass is 10.5. The van der Waals surface area contributed by atoms with Gasteiger partial charge in [-0.05, 0) is 20.4 Å². The van der Waals surface area contributed by atoms with Gasteiger partial charge in [-0.1, -0.05) is 0 Å². The third kappa shape index (κ3) is 6.86. The minimum absolute atomic E-state index is 0.0950. The molecule has 0 aromatic heterocycles. The Balaban J connectivity index is 0.000000243. The molecule has 1 heterocycles. The summed E-state index contributed by atoms with van der Waals surface area (Å²) in [6, 6.07) is 0. The summed E-state index contributed by atoms with van der Waals surface area (Å²) in [6.45, 7) is 6.70. The molecule has 5 heteroatoms. The van der Waals surface area contributed by atoms with Crippen molar-refractivity contribution in [2.45, 2.75) is 20.0 Å². The van der Waals surface area contributed by atoms with Gasteiger partial charge in [0.2, 0.25) is 5.76 Å². The lowest BCUT2D eigenvalue weighted by molar-refractivity contribution is -0.117. The number of epoxide rings is 1. The summed E-state index contributed by atoms with van der Waals surface area (Å²) in [5.74, 6) is 0.00926. The Hall–Kier alpha value is -1.52. The average Bonchev–Trinajstić information content (AvgIpc) is 2.64. The van der Waals surface area contributed by atoms with E-state index in [1.54, 1.807) is 13.8 Å². The second-order valence-electron chi connectivity index (χ2n) is 2.43. The largest absolute Gasteiger partial charge is 0.508 e. The summed E-state index contributed by atoms with van der Waals surface area (Å²) in [7, 11) is 1.28. The highest BCUT2D eigenvalue weighted by atomic mass is 16.7. The van der Waals surface area contributed by atoms with Gasteiger partial charge in [0, 0.05) is 0 Å². The maximum atomic E-state index is 10.2. The minimum atomic E-state index is -0.625. The van der Waals surface area contributed by atoms with Crippen molar-refractivity contribution < 1.29 is 23.8 Å². The number of ether oxygens (including phenoxy) is 3. The lowest BCUT2D eigenvalue weighted by Gasteiger charge is -2.03. The molecule has 0 aromatic rings. The molecule has 0 aliphatic carbocycles. The van der Waals surface area contributed by atoms with E-state index in [-0.39, 0.29) is 17.8 Å². The number of cyclic esters (lactones) is 1. The highest BCUT2D eigenvalue weighted by Gasteiger charge is 2.26. The van der Waals surface area contributed by atoms with Crippen LogP contribution in [-0.4, -0.2) is 25.3 Å². The van der Waals surface area contributed by atoms with Crippen LogP contribution in [0.1, 0.15) is 13.8 Å². The van der Waals surface area contributed by atoms with Crippen molar-refractivity contribution in [3.63, 3.8) is 0 Å². The van der Waals surface area contributed by atoms with Gasteiger partial charge in [0.25, 0.3) is 0 Å². The van der Waals surface area contributed by atoms with E-state index in [2.05, 4.69) is 20.8 Å². The van der Waals surface area contributed by atoms with Crippen LogP contribution in [0.4, 0.5) is 4.79 Å². The first-order valence-corrected chi connectivity index (χ1v) is 3.63. The smallest absolute Gasteiger partial charge is 0.438 e. The SMILES string of the molecule is C=C1OC1=O.COC(=O)OC(C)C. The van der Waals surface area contributed by atoms with Crippen molar-refractivity contribution in [2.75, 3.05) is 7.11 Å². The van der Waals surface area contributed by atoms with Gasteiger partial charge >= 0.3 is 12.1 Å². The van der Waals surface area contributed by atoms with Crippen molar-refractivity contribution in [3.05, 3.63) is 12.3 Å².